The van der Waals surface area contributed by atoms with Gasteiger partial charge in [-0.15, -0.1) is 0 Å². The first-order chi connectivity index (χ1) is 29.0. The molecule has 0 atom stereocenters. The molecule has 0 N–H and O–H groups in total. The molecule has 1 aromatic heterocycles. The Morgan fingerprint density at radius 1 is 0.322 bits per heavy atom. The molecule has 0 unspecified atom stereocenters. The van der Waals surface area contributed by atoms with E-state index in [1.165, 1.54) is 43.2 Å². The van der Waals surface area contributed by atoms with Gasteiger partial charge in [0, 0.05) is 31.9 Å². The molecular weight excluding hydrogens is 735 g/mol. The highest BCUT2D eigenvalue weighted by atomic mass is 32.2. The van der Waals surface area contributed by atoms with Crippen LogP contribution >= 0.6 is 11.8 Å². The quantitative estimate of drug-likeness (QED) is 0.175. The summed E-state index contributed by atoms with van der Waals surface area (Å²) >= 11 is 1.88. The van der Waals surface area contributed by atoms with Gasteiger partial charge in [0.05, 0.1) is 5.41 Å². The van der Waals surface area contributed by atoms with Gasteiger partial charge in [-0.2, -0.15) is 0 Å². The first-order valence-corrected chi connectivity index (χ1v) is 21.0. The largest absolute Gasteiger partial charge is 0.208 e. The third-order valence-electron chi connectivity index (χ3n) is 12.3. The maximum Gasteiger partial charge on any atom is 0.164 e. The molecule has 1 spiro atoms. The minimum absolute atomic E-state index is 0.211. The number of benzene rings is 8. The van der Waals surface area contributed by atoms with E-state index < -0.39 is 5.41 Å². The average Bonchev–Trinajstić information content (AvgIpc) is 3.31. The van der Waals surface area contributed by atoms with Gasteiger partial charge in [-0.1, -0.05) is 202 Å². The van der Waals surface area contributed by atoms with E-state index in [4.69, 9.17) is 15.0 Å². The first-order valence-electron chi connectivity index (χ1n) is 20.2. The Bertz CT molecular complexity index is 3020. The molecule has 0 saturated heterocycles. The molecule has 0 radical (unpaired) electrons. The van der Waals surface area contributed by atoms with Crippen molar-refractivity contribution in [2.75, 3.05) is 0 Å². The van der Waals surface area contributed by atoms with Crippen LogP contribution in [0.5, 0.6) is 0 Å². The highest BCUT2D eigenvalue weighted by Gasteiger charge is 2.52. The van der Waals surface area contributed by atoms with Crippen LogP contribution in [0.25, 0.3) is 56.4 Å². The van der Waals surface area contributed by atoms with E-state index in [-0.39, 0.29) is 5.41 Å². The highest BCUT2D eigenvalue weighted by Crippen LogP contribution is 2.61. The third kappa shape index (κ3) is 5.62. The molecule has 2 aliphatic rings. The Balaban J connectivity index is 1.11. The second-order valence-corrected chi connectivity index (χ2v) is 17.0. The van der Waals surface area contributed by atoms with Crippen molar-refractivity contribution in [3.05, 3.63) is 234 Å². The lowest BCUT2D eigenvalue weighted by atomic mass is 9.54. The van der Waals surface area contributed by atoms with Crippen molar-refractivity contribution in [3.63, 3.8) is 0 Å². The summed E-state index contributed by atoms with van der Waals surface area (Å²) in [6.07, 6.45) is 0. The topological polar surface area (TPSA) is 38.7 Å². The van der Waals surface area contributed by atoms with Crippen molar-refractivity contribution in [2.45, 2.75) is 34.5 Å². The summed E-state index contributed by atoms with van der Waals surface area (Å²) in [6, 6.07) is 72.0. The van der Waals surface area contributed by atoms with E-state index in [9.17, 15) is 0 Å². The Labute approximate surface area is 349 Å². The zero-order chi connectivity index (χ0) is 39.6. The highest BCUT2D eigenvalue weighted by molar-refractivity contribution is 7.99. The molecule has 11 rings (SSSR count). The van der Waals surface area contributed by atoms with Crippen molar-refractivity contribution in [1.82, 2.24) is 15.0 Å². The van der Waals surface area contributed by atoms with E-state index in [0.717, 1.165) is 38.9 Å². The van der Waals surface area contributed by atoms with Crippen molar-refractivity contribution in [1.29, 1.82) is 0 Å². The van der Waals surface area contributed by atoms with E-state index >= 15 is 0 Å². The van der Waals surface area contributed by atoms with Crippen molar-refractivity contribution < 1.29 is 0 Å². The minimum atomic E-state index is -0.493. The van der Waals surface area contributed by atoms with E-state index in [1.807, 2.05) is 36.0 Å². The maximum atomic E-state index is 5.23. The maximum absolute atomic E-state index is 5.23. The number of hydrogen-bond donors (Lipinski definition) is 0. The van der Waals surface area contributed by atoms with Crippen LogP contribution in [0.15, 0.2) is 210 Å². The van der Waals surface area contributed by atoms with Crippen LogP contribution in [0.4, 0.5) is 0 Å². The Kier molecular flexibility index (Phi) is 8.31. The molecule has 59 heavy (non-hydrogen) atoms. The number of nitrogens with zero attached hydrogens (tertiary/aromatic N) is 3. The fourth-order valence-electron chi connectivity index (χ4n) is 9.53. The zero-order valence-corrected chi connectivity index (χ0v) is 33.6. The third-order valence-corrected chi connectivity index (χ3v) is 13.4. The van der Waals surface area contributed by atoms with Crippen LogP contribution in [-0.4, -0.2) is 15.0 Å². The van der Waals surface area contributed by atoms with Crippen LogP contribution in [0.3, 0.4) is 0 Å². The number of rotatable bonds is 5. The molecule has 9 aromatic rings. The lowest BCUT2D eigenvalue weighted by Gasteiger charge is -2.50. The van der Waals surface area contributed by atoms with Gasteiger partial charge in [0.25, 0.3) is 0 Å². The van der Waals surface area contributed by atoms with Crippen LogP contribution in [0, 0.1) is 0 Å². The average molecular weight is 774 g/mol. The van der Waals surface area contributed by atoms with Crippen molar-refractivity contribution >= 4 is 11.8 Å². The smallest absolute Gasteiger partial charge is 0.164 e. The summed E-state index contributed by atoms with van der Waals surface area (Å²) in [4.78, 5) is 18.1. The van der Waals surface area contributed by atoms with Gasteiger partial charge in [0.1, 0.15) is 0 Å². The predicted molar refractivity (Wildman–Crippen MR) is 242 cm³/mol. The van der Waals surface area contributed by atoms with E-state index in [2.05, 4.69) is 190 Å². The van der Waals surface area contributed by atoms with E-state index in [0.29, 0.717) is 17.5 Å². The van der Waals surface area contributed by atoms with Crippen LogP contribution in [0.2, 0.25) is 0 Å². The van der Waals surface area contributed by atoms with Crippen LogP contribution in [-0.2, 0) is 10.8 Å². The van der Waals surface area contributed by atoms with Gasteiger partial charge < -0.3 is 0 Å². The molecule has 3 nitrogen and oxygen atoms in total. The summed E-state index contributed by atoms with van der Waals surface area (Å²) < 4.78 is 0. The van der Waals surface area contributed by atoms with Crippen LogP contribution < -0.4 is 0 Å². The molecule has 2 heterocycles. The van der Waals surface area contributed by atoms with Gasteiger partial charge >= 0.3 is 0 Å². The number of hydrogen-bond acceptors (Lipinski definition) is 4. The first kappa shape index (κ1) is 35.3. The van der Waals surface area contributed by atoms with Gasteiger partial charge in [-0.05, 0) is 79.9 Å². The second-order valence-electron chi connectivity index (χ2n) is 15.9. The summed E-state index contributed by atoms with van der Waals surface area (Å²) in [5.41, 5.74) is 14.7. The minimum Gasteiger partial charge on any atom is -0.208 e. The monoisotopic (exact) mass is 773 g/mol. The Morgan fingerprint density at radius 3 is 1.49 bits per heavy atom. The summed E-state index contributed by atoms with van der Waals surface area (Å²) in [7, 11) is 0. The molecule has 0 bridgehead atoms. The molecule has 8 aromatic carbocycles. The van der Waals surface area contributed by atoms with Gasteiger partial charge in [0.15, 0.2) is 17.5 Å². The second kappa shape index (κ2) is 13.9. The molecule has 4 heteroatoms. The summed E-state index contributed by atoms with van der Waals surface area (Å²) in [5.74, 6) is 1.92. The molecule has 280 valence electrons. The fraction of sp³-hybridized carbons (Fsp3) is 0.0727. The number of aromatic nitrogens is 3. The summed E-state index contributed by atoms with van der Waals surface area (Å²) in [5, 5.41) is 0. The molecule has 0 fully saturated rings. The van der Waals surface area contributed by atoms with Crippen molar-refractivity contribution in [3.8, 4) is 56.4 Å². The molecule has 1 aliphatic carbocycles. The van der Waals surface area contributed by atoms with Gasteiger partial charge in [-0.25, -0.2) is 15.0 Å². The van der Waals surface area contributed by atoms with Gasteiger partial charge in [0.2, 0.25) is 0 Å². The van der Waals surface area contributed by atoms with Crippen LogP contribution in [0.1, 0.15) is 47.2 Å². The predicted octanol–water partition coefficient (Wildman–Crippen LogP) is 13.7. The Hall–Kier alpha value is -6.88. The zero-order valence-electron chi connectivity index (χ0n) is 32.8. The van der Waals surface area contributed by atoms with Crippen molar-refractivity contribution in [2.24, 2.45) is 0 Å². The molecule has 1 aliphatic heterocycles. The summed E-state index contributed by atoms with van der Waals surface area (Å²) in [6.45, 7) is 4.76. The standard InChI is InChI=1S/C55H39N3S/c1-54(2)43-26-11-12-27-45(43)55(46-28-13-15-30-49(46)59-50-31-16-14-29-47(50)55)48-35-39(32-33-44(48)54)38-22-17-23-40(34-38)52-56-51(37-20-7-4-8-21-37)57-53(58-52)42-25-10-9-24-41(42)36-18-5-3-6-19-36/h3-35H,1-2H3. The number of fused-ring (bicyclic) bond motifs is 8. The fourth-order valence-corrected chi connectivity index (χ4v) is 10.7. The lowest BCUT2D eigenvalue weighted by molar-refractivity contribution is 0.549. The lowest BCUT2D eigenvalue weighted by Crippen LogP contribution is -2.43. The SMILES string of the molecule is CC1(C)c2ccccc2C2(c3ccccc3Sc3ccccc32)c2cc(-c3cccc(-c4nc(-c5ccccc5)nc(-c5ccccc5-c5ccccc5)n4)c3)ccc21. The molecule has 0 saturated carbocycles. The van der Waals surface area contributed by atoms with Gasteiger partial charge in [-0.3, -0.25) is 0 Å². The Morgan fingerprint density at radius 2 is 0.797 bits per heavy atom. The molecule has 0 amide bonds. The van der Waals surface area contributed by atoms with E-state index in [1.54, 1.807) is 0 Å². The molecular formula is C55H39N3S. The normalized spacial score (nSPS) is 14.1.